The van der Waals surface area contributed by atoms with E-state index in [2.05, 4.69) is 54.4 Å². The van der Waals surface area contributed by atoms with E-state index >= 15 is 0 Å². The van der Waals surface area contributed by atoms with Crippen LogP contribution in [-0.2, 0) is 9.53 Å². The molecule has 0 bridgehead atoms. The second kappa shape index (κ2) is 9.59. The second-order valence-electron chi connectivity index (χ2n) is 9.52. The summed E-state index contributed by atoms with van der Waals surface area (Å²) < 4.78 is 5.62. The molecule has 0 aromatic heterocycles. The van der Waals surface area contributed by atoms with E-state index in [4.69, 9.17) is 4.74 Å². The predicted octanol–water partition coefficient (Wildman–Crippen LogP) is 3.75. The Bertz CT molecular complexity index is 651. The lowest BCUT2D eigenvalue weighted by atomic mass is 9.68. The van der Waals surface area contributed by atoms with Crippen LogP contribution >= 0.6 is 0 Å². The van der Waals surface area contributed by atoms with Crippen molar-refractivity contribution in [2.75, 3.05) is 39.9 Å². The first-order valence-corrected chi connectivity index (χ1v) is 11.1. The Morgan fingerprint density at radius 2 is 1.83 bits per heavy atom. The number of hydrogen-bond donors (Lipinski definition) is 2. The van der Waals surface area contributed by atoms with Crippen molar-refractivity contribution in [2.24, 2.45) is 10.8 Å². The van der Waals surface area contributed by atoms with Gasteiger partial charge in [-0.1, -0.05) is 43.7 Å². The van der Waals surface area contributed by atoms with Crippen molar-refractivity contribution in [3.05, 3.63) is 35.9 Å². The summed E-state index contributed by atoms with van der Waals surface area (Å²) in [5, 5.41) is 13.4. The molecule has 2 aliphatic rings. The fraction of sp³-hybridized carbons (Fsp3) is 0.708. The third kappa shape index (κ3) is 5.19. The number of carbonyl (C=O) groups is 1. The second-order valence-corrected chi connectivity index (χ2v) is 9.52. The summed E-state index contributed by atoms with van der Waals surface area (Å²) >= 11 is 0. The molecule has 2 atom stereocenters. The number of methoxy groups -OCH3 is 1. The molecule has 2 fully saturated rings. The van der Waals surface area contributed by atoms with Crippen molar-refractivity contribution in [2.45, 2.75) is 57.9 Å². The Kier molecular flexibility index (Phi) is 7.36. The number of carboxylic acid groups (broad SMARTS) is 1. The fourth-order valence-electron chi connectivity index (χ4n) is 4.93. The van der Waals surface area contributed by atoms with Gasteiger partial charge in [-0.3, -0.25) is 4.79 Å². The highest BCUT2D eigenvalue weighted by Gasteiger charge is 2.46. The lowest BCUT2D eigenvalue weighted by Crippen LogP contribution is -2.53. The predicted molar refractivity (Wildman–Crippen MR) is 116 cm³/mol. The summed E-state index contributed by atoms with van der Waals surface area (Å²) in [4.78, 5) is 14.1. The fourth-order valence-corrected chi connectivity index (χ4v) is 4.93. The van der Waals surface area contributed by atoms with Crippen LogP contribution in [0.4, 0.5) is 0 Å². The van der Waals surface area contributed by atoms with E-state index in [1.54, 1.807) is 7.11 Å². The van der Waals surface area contributed by atoms with Gasteiger partial charge in [0.25, 0.3) is 0 Å². The molecular formula is C24H38N2O3. The number of hydrogen-bond acceptors (Lipinski definition) is 4. The summed E-state index contributed by atoms with van der Waals surface area (Å²) in [5.41, 5.74) is 1.01. The van der Waals surface area contributed by atoms with Gasteiger partial charge < -0.3 is 20.1 Å². The SMILES string of the molecule is COCC1(CN[C@H](C)[C@@H](C)c2ccccc2)CCN(CC2(C(=O)O)CCC2)CC1. The quantitative estimate of drug-likeness (QED) is 0.624. The van der Waals surface area contributed by atoms with Gasteiger partial charge in [-0.2, -0.15) is 0 Å². The molecular weight excluding hydrogens is 364 g/mol. The number of benzene rings is 1. The van der Waals surface area contributed by atoms with Crippen molar-refractivity contribution >= 4 is 5.97 Å². The number of rotatable bonds is 10. The van der Waals surface area contributed by atoms with Crippen molar-refractivity contribution in [1.82, 2.24) is 10.2 Å². The first-order valence-electron chi connectivity index (χ1n) is 11.1. The van der Waals surface area contributed by atoms with Crippen LogP contribution in [0.25, 0.3) is 0 Å². The van der Waals surface area contributed by atoms with Crippen LogP contribution in [0.3, 0.4) is 0 Å². The summed E-state index contributed by atoms with van der Waals surface area (Å²) in [6.07, 6.45) is 4.82. The van der Waals surface area contributed by atoms with E-state index in [1.807, 2.05) is 0 Å². The standard InChI is InChI=1S/C24H38N2O3/c1-19(21-8-5-4-6-9-21)20(2)25-16-23(18-29-3)12-14-26(15-13-23)17-24(22(27)28)10-7-11-24/h4-6,8-9,19-20,25H,7,10-18H2,1-3H3,(H,27,28)/t19-,20-/m1/s1. The van der Waals surface area contributed by atoms with Gasteiger partial charge in [0.05, 0.1) is 12.0 Å². The van der Waals surface area contributed by atoms with Gasteiger partial charge >= 0.3 is 5.97 Å². The number of ether oxygens (including phenoxy) is 1. The maximum absolute atomic E-state index is 11.7. The van der Waals surface area contributed by atoms with Crippen molar-refractivity contribution in [1.29, 1.82) is 0 Å². The molecule has 1 aliphatic heterocycles. The molecule has 1 saturated heterocycles. The minimum absolute atomic E-state index is 0.131. The highest BCUT2D eigenvalue weighted by molar-refractivity contribution is 5.76. The first kappa shape index (κ1) is 22.3. The smallest absolute Gasteiger partial charge is 0.310 e. The number of likely N-dealkylation sites (tertiary alicyclic amines) is 1. The molecule has 0 amide bonds. The van der Waals surface area contributed by atoms with Crippen molar-refractivity contribution in [3.63, 3.8) is 0 Å². The number of piperidine rings is 1. The highest BCUT2D eigenvalue weighted by atomic mass is 16.5. The minimum Gasteiger partial charge on any atom is -0.481 e. The summed E-state index contributed by atoms with van der Waals surface area (Å²) in [6.45, 7) is 8.87. The largest absolute Gasteiger partial charge is 0.481 e. The van der Waals surface area contributed by atoms with Crippen LogP contribution in [0.1, 0.15) is 57.4 Å². The Balaban J connectivity index is 1.53. The molecule has 1 saturated carbocycles. The summed E-state index contributed by atoms with van der Waals surface area (Å²) in [5.74, 6) is -0.159. The molecule has 1 aromatic carbocycles. The molecule has 5 heteroatoms. The molecule has 2 N–H and O–H groups in total. The third-order valence-corrected chi connectivity index (χ3v) is 7.53. The van der Waals surface area contributed by atoms with Crippen LogP contribution in [0.15, 0.2) is 30.3 Å². The van der Waals surface area contributed by atoms with E-state index in [-0.39, 0.29) is 5.41 Å². The molecule has 3 rings (SSSR count). The van der Waals surface area contributed by atoms with E-state index < -0.39 is 11.4 Å². The third-order valence-electron chi connectivity index (χ3n) is 7.53. The Labute approximate surface area is 175 Å². The topological polar surface area (TPSA) is 61.8 Å². The van der Waals surface area contributed by atoms with Gasteiger partial charge in [-0.05, 0) is 57.2 Å². The zero-order chi connectivity index (χ0) is 20.9. The van der Waals surface area contributed by atoms with Crippen LogP contribution < -0.4 is 5.32 Å². The van der Waals surface area contributed by atoms with Crippen LogP contribution in [0.2, 0.25) is 0 Å². The molecule has 0 spiro atoms. The number of nitrogens with zero attached hydrogens (tertiary/aromatic N) is 1. The normalized spacial score (nSPS) is 23.1. The number of carboxylic acids is 1. The maximum atomic E-state index is 11.7. The van der Waals surface area contributed by atoms with E-state index in [9.17, 15) is 9.90 Å². The highest BCUT2D eigenvalue weighted by Crippen LogP contribution is 2.43. The summed E-state index contributed by atoms with van der Waals surface area (Å²) in [6, 6.07) is 11.1. The van der Waals surface area contributed by atoms with Gasteiger partial charge in [-0.15, -0.1) is 0 Å². The Hall–Kier alpha value is -1.43. The van der Waals surface area contributed by atoms with Crippen LogP contribution in [-0.4, -0.2) is 61.9 Å². The molecule has 0 unspecified atom stereocenters. The van der Waals surface area contributed by atoms with Crippen LogP contribution in [0, 0.1) is 10.8 Å². The van der Waals surface area contributed by atoms with Crippen molar-refractivity contribution in [3.8, 4) is 0 Å². The minimum atomic E-state index is -0.608. The van der Waals surface area contributed by atoms with Gasteiger partial charge in [-0.25, -0.2) is 0 Å². The number of aliphatic carboxylic acids is 1. The molecule has 1 aromatic rings. The monoisotopic (exact) mass is 402 g/mol. The molecule has 162 valence electrons. The first-order chi connectivity index (χ1) is 13.9. The molecule has 0 radical (unpaired) electrons. The molecule has 29 heavy (non-hydrogen) atoms. The maximum Gasteiger partial charge on any atom is 0.310 e. The van der Waals surface area contributed by atoms with E-state index in [0.29, 0.717) is 18.5 Å². The lowest BCUT2D eigenvalue weighted by Gasteiger charge is -2.47. The molecule has 5 nitrogen and oxygen atoms in total. The summed E-state index contributed by atoms with van der Waals surface area (Å²) in [7, 11) is 1.79. The average molecular weight is 403 g/mol. The zero-order valence-corrected chi connectivity index (χ0v) is 18.3. The van der Waals surface area contributed by atoms with Gasteiger partial charge in [0.1, 0.15) is 0 Å². The molecule has 1 heterocycles. The van der Waals surface area contributed by atoms with Crippen molar-refractivity contribution < 1.29 is 14.6 Å². The van der Waals surface area contributed by atoms with Gasteiger partial charge in [0.15, 0.2) is 0 Å². The van der Waals surface area contributed by atoms with E-state index in [0.717, 1.165) is 58.3 Å². The average Bonchev–Trinajstić information content (AvgIpc) is 2.70. The van der Waals surface area contributed by atoms with Gasteiger partial charge in [0.2, 0.25) is 0 Å². The van der Waals surface area contributed by atoms with Crippen LogP contribution in [0.5, 0.6) is 0 Å². The van der Waals surface area contributed by atoms with E-state index in [1.165, 1.54) is 5.56 Å². The Morgan fingerprint density at radius 3 is 2.34 bits per heavy atom. The zero-order valence-electron chi connectivity index (χ0n) is 18.3. The molecule has 1 aliphatic carbocycles. The Morgan fingerprint density at radius 1 is 1.17 bits per heavy atom. The lowest BCUT2D eigenvalue weighted by molar-refractivity contribution is -0.157. The van der Waals surface area contributed by atoms with Gasteiger partial charge in [0, 0.05) is 31.7 Å². The number of nitrogens with one attached hydrogen (secondary N) is 1.